The Hall–Kier alpha value is -1.07. The van der Waals surface area contributed by atoms with E-state index < -0.39 is 0 Å². The lowest BCUT2D eigenvalue weighted by Gasteiger charge is -2.27. The first-order valence-corrected chi connectivity index (χ1v) is 5.74. The second kappa shape index (κ2) is 5.86. The van der Waals surface area contributed by atoms with Crippen molar-refractivity contribution in [1.29, 1.82) is 0 Å². The standard InChI is InChI=1S/C11H19N3O2/c12-11(14-3-6-15-7-4-14)13-8-10-2-1-5-16-9-10/h2H,1,3-9H2,(H2,12,13). The van der Waals surface area contributed by atoms with Gasteiger partial charge in [-0.25, -0.2) is 4.99 Å². The van der Waals surface area contributed by atoms with E-state index in [9.17, 15) is 0 Å². The van der Waals surface area contributed by atoms with Crippen LogP contribution in [0.4, 0.5) is 0 Å². The minimum atomic E-state index is 0.620. The SMILES string of the molecule is NC(=NCC1=CCCOC1)N1CCOCC1. The summed E-state index contributed by atoms with van der Waals surface area (Å²) in [4.78, 5) is 6.45. The number of rotatable bonds is 2. The van der Waals surface area contributed by atoms with Gasteiger partial charge in [0.25, 0.3) is 0 Å². The first-order valence-electron chi connectivity index (χ1n) is 5.74. The maximum Gasteiger partial charge on any atom is 0.191 e. The van der Waals surface area contributed by atoms with Crippen LogP contribution in [-0.2, 0) is 9.47 Å². The van der Waals surface area contributed by atoms with Gasteiger partial charge in [-0.2, -0.15) is 0 Å². The molecule has 5 heteroatoms. The third-order valence-electron chi connectivity index (χ3n) is 2.76. The van der Waals surface area contributed by atoms with Gasteiger partial charge in [0.2, 0.25) is 0 Å². The van der Waals surface area contributed by atoms with Crippen molar-refractivity contribution < 1.29 is 9.47 Å². The van der Waals surface area contributed by atoms with Gasteiger partial charge in [-0.05, 0) is 12.0 Å². The molecule has 0 amide bonds. The Morgan fingerprint density at radius 1 is 1.31 bits per heavy atom. The van der Waals surface area contributed by atoms with Gasteiger partial charge < -0.3 is 20.1 Å². The van der Waals surface area contributed by atoms with Crippen LogP contribution in [0.1, 0.15) is 6.42 Å². The Morgan fingerprint density at radius 2 is 2.12 bits per heavy atom. The summed E-state index contributed by atoms with van der Waals surface area (Å²) in [5.41, 5.74) is 7.14. The van der Waals surface area contributed by atoms with Crippen LogP contribution in [0.3, 0.4) is 0 Å². The molecule has 0 aliphatic carbocycles. The van der Waals surface area contributed by atoms with Gasteiger partial charge in [0.15, 0.2) is 5.96 Å². The Morgan fingerprint density at radius 3 is 2.81 bits per heavy atom. The molecule has 16 heavy (non-hydrogen) atoms. The summed E-state index contributed by atoms with van der Waals surface area (Å²) in [6, 6.07) is 0. The molecule has 0 atom stereocenters. The lowest BCUT2D eigenvalue weighted by Crippen LogP contribution is -2.44. The molecule has 1 fully saturated rings. The molecule has 1 saturated heterocycles. The van der Waals surface area contributed by atoms with E-state index in [0.29, 0.717) is 19.1 Å². The Labute approximate surface area is 95.9 Å². The topological polar surface area (TPSA) is 60.1 Å². The molecule has 0 spiro atoms. The number of hydrogen-bond acceptors (Lipinski definition) is 3. The molecule has 0 saturated carbocycles. The molecule has 2 aliphatic heterocycles. The number of guanidine groups is 1. The van der Waals surface area contributed by atoms with Gasteiger partial charge in [-0.1, -0.05) is 6.08 Å². The van der Waals surface area contributed by atoms with E-state index in [-0.39, 0.29) is 0 Å². The summed E-state index contributed by atoms with van der Waals surface area (Å²) < 4.78 is 10.6. The van der Waals surface area contributed by atoms with Gasteiger partial charge in [-0.3, -0.25) is 0 Å². The monoisotopic (exact) mass is 225 g/mol. The highest BCUT2D eigenvalue weighted by atomic mass is 16.5. The average Bonchev–Trinajstić information content (AvgIpc) is 2.38. The van der Waals surface area contributed by atoms with Crippen molar-refractivity contribution in [3.63, 3.8) is 0 Å². The van der Waals surface area contributed by atoms with Crippen LogP contribution in [0.25, 0.3) is 0 Å². The quantitative estimate of drug-likeness (QED) is 0.407. The van der Waals surface area contributed by atoms with Crippen molar-refractivity contribution in [2.45, 2.75) is 6.42 Å². The highest BCUT2D eigenvalue weighted by Gasteiger charge is 2.12. The molecule has 5 nitrogen and oxygen atoms in total. The molecule has 2 N–H and O–H groups in total. The van der Waals surface area contributed by atoms with Gasteiger partial charge in [-0.15, -0.1) is 0 Å². The van der Waals surface area contributed by atoms with Crippen molar-refractivity contribution in [3.05, 3.63) is 11.6 Å². The number of morpholine rings is 1. The van der Waals surface area contributed by atoms with Crippen LogP contribution < -0.4 is 5.73 Å². The van der Waals surface area contributed by atoms with Crippen LogP contribution in [0.5, 0.6) is 0 Å². The fourth-order valence-electron chi connectivity index (χ4n) is 1.79. The fourth-order valence-corrected chi connectivity index (χ4v) is 1.79. The third-order valence-corrected chi connectivity index (χ3v) is 2.76. The average molecular weight is 225 g/mol. The summed E-state index contributed by atoms with van der Waals surface area (Å²) in [5, 5.41) is 0. The van der Waals surface area contributed by atoms with Crippen LogP contribution in [0.15, 0.2) is 16.6 Å². The van der Waals surface area contributed by atoms with Gasteiger partial charge in [0, 0.05) is 13.1 Å². The Balaban J connectivity index is 1.83. The number of nitrogens with two attached hydrogens (primary N) is 1. The van der Waals surface area contributed by atoms with Crippen molar-refractivity contribution >= 4 is 5.96 Å². The van der Waals surface area contributed by atoms with Gasteiger partial charge >= 0.3 is 0 Å². The highest BCUT2D eigenvalue weighted by Crippen LogP contribution is 2.06. The zero-order valence-corrected chi connectivity index (χ0v) is 9.52. The molecular formula is C11H19N3O2. The molecule has 0 aromatic rings. The molecule has 0 aromatic heterocycles. The van der Waals surface area contributed by atoms with Crippen molar-refractivity contribution in [2.24, 2.45) is 10.7 Å². The lowest BCUT2D eigenvalue weighted by molar-refractivity contribution is 0.0674. The maximum absolute atomic E-state index is 5.92. The van der Waals surface area contributed by atoms with Gasteiger partial charge in [0.05, 0.1) is 33.0 Å². The van der Waals surface area contributed by atoms with Crippen LogP contribution in [0, 0.1) is 0 Å². The molecular weight excluding hydrogens is 206 g/mol. The van der Waals surface area contributed by atoms with E-state index in [2.05, 4.69) is 16.0 Å². The first-order chi connectivity index (χ1) is 7.86. The van der Waals surface area contributed by atoms with Crippen molar-refractivity contribution in [3.8, 4) is 0 Å². The lowest BCUT2D eigenvalue weighted by atomic mass is 10.2. The Bertz CT molecular complexity index is 283. The largest absolute Gasteiger partial charge is 0.378 e. The minimum absolute atomic E-state index is 0.620. The zero-order chi connectivity index (χ0) is 11.2. The number of ether oxygens (including phenoxy) is 2. The van der Waals surface area contributed by atoms with E-state index >= 15 is 0 Å². The summed E-state index contributed by atoms with van der Waals surface area (Å²) in [6.45, 7) is 5.33. The number of aliphatic imine (C=N–C) groups is 1. The van der Waals surface area contributed by atoms with E-state index in [0.717, 1.165) is 39.3 Å². The van der Waals surface area contributed by atoms with E-state index in [4.69, 9.17) is 15.2 Å². The first kappa shape index (κ1) is 11.4. The maximum atomic E-state index is 5.92. The highest BCUT2D eigenvalue weighted by molar-refractivity contribution is 5.78. The smallest absolute Gasteiger partial charge is 0.191 e. The fraction of sp³-hybridized carbons (Fsp3) is 0.727. The molecule has 90 valence electrons. The van der Waals surface area contributed by atoms with Gasteiger partial charge in [0.1, 0.15) is 0 Å². The molecule has 2 rings (SSSR count). The molecule has 0 aromatic carbocycles. The minimum Gasteiger partial charge on any atom is -0.378 e. The van der Waals surface area contributed by atoms with Crippen LogP contribution in [-0.4, -0.2) is 56.9 Å². The predicted molar refractivity (Wildman–Crippen MR) is 62.4 cm³/mol. The summed E-state index contributed by atoms with van der Waals surface area (Å²) in [6.07, 6.45) is 3.18. The van der Waals surface area contributed by atoms with E-state index in [1.54, 1.807) is 0 Å². The third kappa shape index (κ3) is 3.21. The van der Waals surface area contributed by atoms with Crippen molar-refractivity contribution in [2.75, 3.05) is 46.1 Å². The molecule has 2 aliphatic rings. The van der Waals surface area contributed by atoms with E-state index in [1.165, 1.54) is 5.57 Å². The number of nitrogens with zero attached hydrogens (tertiary/aromatic N) is 2. The second-order valence-corrected chi connectivity index (χ2v) is 3.98. The second-order valence-electron chi connectivity index (χ2n) is 3.98. The zero-order valence-electron chi connectivity index (χ0n) is 9.52. The van der Waals surface area contributed by atoms with Crippen molar-refractivity contribution in [1.82, 2.24) is 4.90 Å². The van der Waals surface area contributed by atoms with Crippen LogP contribution in [0.2, 0.25) is 0 Å². The molecule has 2 heterocycles. The summed E-state index contributed by atoms with van der Waals surface area (Å²) >= 11 is 0. The molecule has 0 unspecified atom stereocenters. The number of hydrogen-bond donors (Lipinski definition) is 1. The van der Waals surface area contributed by atoms with E-state index in [1.807, 2.05) is 0 Å². The normalized spacial score (nSPS) is 23.1. The molecule has 0 bridgehead atoms. The predicted octanol–water partition coefficient (Wildman–Crippen LogP) is -0.0200. The van der Waals surface area contributed by atoms with Crippen LogP contribution >= 0.6 is 0 Å². The summed E-state index contributed by atoms with van der Waals surface area (Å²) in [7, 11) is 0. The Kier molecular flexibility index (Phi) is 4.18. The molecule has 0 radical (unpaired) electrons. The summed E-state index contributed by atoms with van der Waals surface area (Å²) in [5.74, 6) is 0.620.